The zero-order valence-electron chi connectivity index (χ0n) is 17.6. The number of aryl methyl sites for hydroxylation is 1. The molecule has 0 bridgehead atoms. The summed E-state index contributed by atoms with van der Waals surface area (Å²) in [5.74, 6) is -0.675. The van der Waals surface area contributed by atoms with E-state index in [1.165, 1.54) is 30.3 Å². The van der Waals surface area contributed by atoms with Crippen LogP contribution in [0.15, 0.2) is 71.6 Å². The number of fused-ring (bicyclic) bond motifs is 1. The number of nitro benzene ring substituents is 1. The number of hydrogen-bond donors (Lipinski definition) is 1. The zero-order valence-corrected chi connectivity index (χ0v) is 19.1. The van der Waals surface area contributed by atoms with Crippen molar-refractivity contribution < 1.29 is 18.1 Å². The molecule has 0 spiro atoms. The minimum atomic E-state index is -4.03. The number of sulfonamides is 1. The summed E-state index contributed by atoms with van der Waals surface area (Å²) in [5, 5.41) is 14.1. The molecule has 1 amide bonds. The van der Waals surface area contributed by atoms with Crippen molar-refractivity contribution in [1.82, 2.24) is 4.31 Å². The van der Waals surface area contributed by atoms with Crippen molar-refractivity contribution in [2.75, 3.05) is 5.32 Å². The minimum absolute atomic E-state index is 0.00209. The van der Waals surface area contributed by atoms with Crippen LogP contribution in [0.5, 0.6) is 0 Å². The molecule has 1 aliphatic heterocycles. The molecule has 10 heteroatoms. The predicted molar refractivity (Wildman–Crippen MR) is 125 cm³/mol. The van der Waals surface area contributed by atoms with Gasteiger partial charge in [0.05, 0.1) is 9.82 Å². The summed E-state index contributed by atoms with van der Waals surface area (Å²) in [6, 6.07) is 16.4. The number of hydrogen-bond acceptors (Lipinski definition) is 5. The van der Waals surface area contributed by atoms with Crippen molar-refractivity contribution >= 4 is 38.9 Å². The van der Waals surface area contributed by atoms with Gasteiger partial charge in [-0.1, -0.05) is 53.6 Å². The molecule has 170 valence electrons. The molecule has 3 aromatic carbocycles. The second kappa shape index (κ2) is 8.93. The topological polar surface area (TPSA) is 110 Å². The van der Waals surface area contributed by atoms with Crippen LogP contribution in [0.3, 0.4) is 0 Å². The Kier molecular flexibility index (Phi) is 6.20. The Hall–Kier alpha value is -3.27. The molecule has 4 rings (SSSR count). The van der Waals surface area contributed by atoms with Crippen molar-refractivity contribution in [1.29, 1.82) is 0 Å². The van der Waals surface area contributed by atoms with E-state index in [9.17, 15) is 23.3 Å². The zero-order chi connectivity index (χ0) is 23.8. The van der Waals surface area contributed by atoms with E-state index in [4.69, 9.17) is 11.6 Å². The number of nitrogens with one attached hydrogen (secondary N) is 1. The van der Waals surface area contributed by atoms with E-state index in [2.05, 4.69) is 5.32 Å². The van der Waals surface area contributed by atoms with E-state index >= 15 is 0 Å². The van der Waals surface area contributed by atoms with Crippen LogP contribution in [0.2, 0.25) is 5.02 Å². The highest BCUT2D eigenvalue weighted by Crippen LogP contribution is 2.32. The number of nitro groups is 1. The number of rotatable bonds is 5. The summed E-state index contributed by atoms with van der Waals surface area (Å²) in [4.78, 5) is 24.2. The molecule has 0 unspecified atom stereocenters. The van der Waals surface area contributed by atoms with Crippen LogP contribution in [0, 0.1) is 17.0 Å². The maximum atomic E-state index is 13.5. The molecule has 0 saturated carbocycles. The number of halogens is 1. The fraction of sp³-hybridized carbons (Fsp3) is 0.174. The Morgan fingerprint density at radius 1 is 1.09 bits per heavy atom. The third-order valence-corrected chi connectivity index (χ3v) is 7.65. The summed E-state index contributed by atoms with van der Waals surface area (Å²) >= 11 is 5.97. The van der Waals surface area contributed by atoms with Gasteiger partial charge in [-0.3, -0.25) is 14.9 Å². The first-order chi connectivity index (χ1) is 15.7. The van der Waals surface area contributed by atoms with Crippen molar-refractivity contribution in [3.05, 3.63) is 98.6 Å². The number of nitrogens with zero attached hydrogens (tertiary/aromatic N) is 2. The molecule has 1 atom stereocenters. The van der Waals surface area contributed by atoms with Gasteiger partial charge in [-0.05, 0) is 48.7 Å². The van der Waals surface area contributed by atoms with Gasteiger partial charge in [-0.15, -0.1) is 0 Å². The first-order valence-electron chi connectivity index (χ1n) is 10.1. The van der Waals surface area contributed by atoms with Gasteiger partial charge < -0.3 is 5.32 Å². The maximum absolute atomic E-state index is 13.5. The third kappa shape index (κ3) is 4.61. The monoisotopic (exact) mass is 485 g/mol. The van der Waals surface area contributed by atoms with E-state index in [-0.39, 0.29) is 34.3 Å². The molecule has 0 radical (unpaired) electrons. The highest BCUT2D eigenvalue weighted by atomic mass is 35.5. The number of benzene rings is 3. The Balaban J connectivity index is 1.74. The van der Waals surface area contributed by atoms with Crippen molar-refractivity contribution in [2.45, 2.75) is 30.8 Å². The lowest BCUT2D eigenvalue weighted by molar-refractivity contribution is -0.383. The SMILES string of the molecule is Cc1ccc(S(=O)(=O)N2Cc3ccccc3C[C@H]2C(=O)Nc2cc(Cl)ccc2[N+](=O)[O-])cc1. The van der Waals surface area contributed by atoms with E-state index in [1.807, 2.05) is 31.2 Å². The molecule has 3 aromatic rings. The molecule has 0 fully saturated rings. The number of anilines is 1. The van der Waals surface area contributed by atoms with Crippen LogP contribution < -0.4 is 5.32 Å². The molecule has 8 nitrogen and oxygen atoms in total. The molecular formula is C23H20ClN3O5S. The smallest absolute Gasteiger partial charge is 0.292 e. The molecule has 33 heavy (non-hydrogen) atoms. The lowest BCUT2D eigenvalue weighted by Gasteiger charge is -2.35. The Labute approximate surface area is 196 Å². The highest BCUT2D eigenvalue weighted by molar-refractivity contribution is 7.89. The summed E-state index contributed by atoms with van der Waals surface area (Å²) in [5.41, 5.74) is 2.11. The Bertz CT molecular complexity index is 1340. The van der Waals surface area contributed by atoms with E-state index in [0.29, 0.717) is 0 Å². The van der Waals surface area contributed by atoms with Crippen LogP contribution in [-0.2, 0) is 27.8 Å². The fourth-order valence-electron chi connectivity index (χ4n) is 3.80. The van der Waals surface area contributed by atoms with Gasteiger partial charge in [0.25, 0.3) is 5.69 Å². The van der Waals surface area contributed by atoms with E-state index < -0.39 is 26.9 Å². The average Bonchev–Trinajstić information content (AvgIpc) is 2.78. The second-order valence-electron chi connectivity index (χ2n) is 7.76. The quantitative estimate of drug-likeness (QED) is 0.427. The van der Waals surface area contributed by atoms with Gasteiger partial charge in [-0.25, -0.2) is 8.42 Å². The first-order valence-corrected chi connectivity index (χ1v) is 11.9. The van der Waals surface area contributed by atoms with Crippen molar-refractivity contribution in [2.24, 2.45) is 0 Å². The van der Waals surface area contributed by atoms with E-state index in [0.717, 1.165) is 21.0 Å². The van der Waals surface area contributed by atoms with Crippen molar-refractivity contribution in [3.63, 3.8) is 0 Å². The summed E-state index contributed by atoms with van der Waals surface area (Å²) in [7, 11) is -4.03. The largest absolute Gasteiger partial charge is 0.319 e. The van der Waals surface area contributed by atoms with Gasteiger partial charge in [0, 0.05) is 17.6 Å². The van der Waals surface area contributed by atoms with Crippen LogP contribution in [-0.4, -0.2) is 29.6 Å². The number of carbonyl (C=O) groups is 1. The Morgan fingerprint density at radius 2 is 1.76 bits per heavy atom. The molecule has 0 aromatic heterocycles. The van der Waals surface area contributed by atoms with Gasteiger partial charge in [0.2, 0.25) is 15.9 Å². The molecule has 0 saturated heterocycles. The van der Waals surface area contributed by atoms with Crippen LogP contribution in [0.4, 0.5) is 11.4 Å². The fourth-order valence-corrected chi connectivity index (χ4v) is 5.54. The Morgan fingerprint density at radius 3 is 2.42 bits per heavy atom. The lowest BCUT2D eigenvalue weighted by atomic mass is 9.95. The highest BCUT2D eigenvalue weighted by Gasteiger charge is 2.40. The van der Waals surface area contributed by atoms with Crippen LogP contribution in [0.1, 0.15) is 16.7 Å². The maximum Gasteiger partial charge on any atom is 0.292 e. The van der Waals surface area contributed by atoms with Gasteiger partial charge in [0.15, 0.2) is 0 Å². The van der Waals surface area contributed by atoms with Crippen LogP contribution >= 0.6 is 11.6 Å². The molecule has 1 aliphatic rings. The molecule has 1 heterocycles. The summed E-state index contributed by atoms with van der Waals surface area (Å²) in [6.07, 6.45) is 0.126. The number of amides is 1. The molecule has 1 N–H and O–H groups in total. The third-order valence-electron chi connectivity index (χ3n) is 5.55. The van der Waals surface area contributed by atoms with E-state index in [1.54, 1.807) is 12.1 Å². The predicted octanol–water partition coefficient (Wildman–Crippen LogP) is 4.31. The standard InChI is InChI=1S/C23H20ClN3O5S/c1-15-6-9-19(10-7-15)33(31,32)26-14-17-5-3-2-4-16(17)12-22(26)23(28)25-20-13-18(24)8-11-21(20)27(29)30/h2-11,13,22H,12,14H2,1H3,(H,25,28)/t22-/m0/s1. The number of carbonyl (C=O) groups excluding carboxylic acids is 1. The minimum Gasteiger partial charge on any atom is -0.319 e. The van der Waals surface area contributed by atoms with Gasteiger partial charge in [0.1, 0.15) is 11.7 Å². The average molecular weight is 486 g/mol. The first kappa shape index (κ1) is 22.9. The molecular weight excluding hydrogens is 466 g/mol. The lowest BCUT2D eigenvalue weighted by Crippen LogP contribution is -2.50. The second-order valence-corrected chi connectivity index (χ2v) is 10.1. The van der Waals surface area contributed by atoms with Crippen molar-refractivity contribution in [3.8, 4) is 0 Å². The summed E-state index contributed by atoms with van der Waals surface area (Å²) in [6.45, 7) is 1.85. The van der Waals surface area contributed by atoms with Gasteiger partial charge >= 0.3 is 0 Å². The normalized spacial score (nSPS) is 16.1. The molecule has 0 aliphatic carbocycles. The van der Waals surface area contributed by atoms with Crippen LogP contribution in [0.25, 0.3) is 0 Å². The summed E-state index contributed by atoms with van der Waals surface area (Å²) < 4.78 is 28.2. The van der Waals surface area contributed by atoms with Gasteiger partial charge in [-0.2, -0.15) is 4.31 Å².